The lowest BCUT2D eigenvalue weighted by Gasteiger charge is -2.34. The number of fused-ring (bicyclic) bond motifs is 1. The van der Waals surface area contributed by atoms with Gasteiger partial charge < -0.3 is 5.32 Å². The van der Waals surface area contributed by atoms with Gasteiger partial charge in [0.1, 0.15) is 0 Å². The molecule has 0 spiro atoms. The highest BCUT2D eigenvalue weighted by Gasteiger charge is 2.28. The van der Waals surface area contributed by atoms with Crippen LogP contribution in [0.5, 0.6) is 0 Å². The van der Waals surface area contributed by atoms with Gasteiger partial charge in [0.05, 0.1) is 0 Å². The van der Waals surface area contributed by atoms with E-state index in [0.717, 1.165) is 12.8 Å². The second kappa shape index (κ2) is 6.96. The molecule has 0 aromatic heterocycles. The summed E-state index contributed by atoms with van der Waals surface area (Å²) in [5.41, 5.74) is 1.24. The van der Waals surface area contributed by atoms with Crippen molar-refractivity contribution >= 4 is 16.7 Å². The minimum atomic E-state index is -0.192. The second-order valence-corrected chi connectivity index (χ2v) is 8.85. The lowest BCUT2D eigenvalue weighted by molar-refractivity contribution is -0.126. The zero-order chi connectivity index (χ0) is 18.0. The first-order valence-electron chi connectivity index (χ1n) is 8.86. The molecule has 2 heteroatoms. The molecule has 0 aliphatic rings. The molecule has 0 aliphatic carbocycles. The van der Waals surface area contributed by atoms with Crippen molar-refractivity contribution in [1.82, 2.24) is 5.32 Å². The third-order valence-corrected chi connectivity index (χ3v) is 4.29. The van der Waals surface area contributed by atoms with Crippen molar-refractivity contribution in [3.05, 3.63) is 48.0 Å². The van der Waals surface area contributed by atoms with Crippen LogP contribution >= 0.6 is 0 Å². The molecular formula is C22H31NO. The first kappa shape index (κ1) is 18.5. The molecule has 24 heavy (non-hydrogen) atoms. The third kappa shape index (κ3) is 5.09. The Morgan fingerprint density at radius 3 is 2.29 bits per heavy atom. The van der Waals surface area contributed by atoms with E-state index in [2.05, 4.69) is 82.4 Å². The molecule has 0 radical (unpaired) electrons. The van der Waals surface area contributed by atoms with Gasteiger partial charge in [-0.1, -0.05) is 70.2 Å². The van der Waals surface area contributed by atoms with Crippen LogP contribution < -0.4 is 5.32 Å². The van der Waals surface area contributed by atoms with Crippen molar-refractivity contribution in [2.24, 2.45) is 11.3 Å². The summed E-state index contributed by atoms with van der Waals surface area (Å²) in [5.74, 6) is 0.0900. The van der Waals surface area contributed by atoms with E-state index in [0.29, 0.717) is 0 Å². The summed E-state index contributed by atoms with van der Waals surface area (Å²) >= 11 is 0. The highest BCUT2D eigenvalue weighted by Crippen LogP contribution is 2.27. The fraction of sp³-hybridized carbons (Fsp3) is 0.500. The minimum Gasteiger partial charge on any atom is -0.351 e. The molecule has 0 heterocycles. The number of hydrogen-bond acceptors (Lipinski definition) is 1. The second-order valence-electron chi connectivity index (χ2n) is 8.85. The SMILES string of the molecule is CC(Cc1cccc2ccccc12)C(=O)NC(C)(C)CC(C)(C)C. The van der Waals surface area contributed by atoms with Crippen LogP contribution in [0.15, 0.2) is 42.5 Å². The monoisotopic (exact) mass is 325 g/mol. The van der Waals surface area contributed by atoms with Gasteiger partial charge in [-0.3, -0.25) is 4.79 Å². The number of rotatable bonds is 5. The summed E-state index contributed by atoms with van der Waals surface area (Å²) < 4.78 is 0. The van der Waals surface area contributed by atoms with Gasteiger partial charge in [-0.05, 0) is 48.4 Å². The van der Waals surface area contributed by atoms with Crippen molar-refractivity contribution in [1.29, 1.82) is 0 Å². The first-order chi connectivity index (χ1) is 11.1. The predicted molar refractivity (Wildman–Crippen MR) is 103 cm³/mol. The van der Waals surface area contributed by atoms with Gasteiger partial charge in [-0.2, -0.15) is 0 Å². The average Bonchev–Trinajstić information content (AvgIpc) is 2.44. The number of carbonyl (C=O) groups excluding carboxylic acids is 1. The van der Waals surface area contributed by atoms with Crippen LogP contribution in [-0.2, 0) is 11.2 Å². The first-order valence-corrected chi connectivity index (χ1v) is 8.86. The molecule has 2 aromatic carbocycles. The Hall–Kier alpha value is -1.83. The van der Waals surface area contributed by atoms with Crippen molar-refractivity contribution in [3.8, 4) is 0 Å². The van der Waals surface area contributed by atoms with E-state index in [4.69, 9.17) is 0 Å². The van der Waals surface area contributed by atoms with Crippen LogP contribution in [0, 0.1) is 11.3 Å². The maximum Gasteiger partial charge on any atom is 0.223 e. The van der Waals surface area contributed by atoms with E-state index in [1.165, 1.54) is 16.3 Å². The number of amides is 1. The lowest BCUT2D eigenvalue weighted by atomic mass is 9.81. The summed E-state index contributed by atoms with van der Waals surface area (Å²) in [4.78, 5) is 12.7. The molecule has 1 N–H and O–H groups in total. The highest BCUT2D eigenvalue weighted by atomic mass is 16.2. The van der Waals surface area contributed by atoms with E-state index in [-0.39, 0.29) is 22.8 Å². The summed E-state index contributed by atoms with van der Waals surface area (Å²) in [6.45, 7) is 12.9. The maximum atomic E-state index is 12.7. The third-order valence-electron chi connectivity index (χ3n) is 4.29. The van der Waals surface area contributed by atoms with Crippen LogP contribution in [-0.4, -0.2) is 11.4 Å². The van der Waals surface area contributed by atoms with Gasteiger partial charge >= 0.3 is 0 Å². The number of benzene rings is 2. The Morgan fingerprint density at radius 1 is 1.00 bits per heavy atom. The molecule has 1 amide bonds. The maximum absolute atomic E-state index is 12.7. The molecule has 130 valence electrons. The van der Waals surface area contributed by atoms with Crippen molar-refractivity contribution in [3.63, 3.8) is 0 Å². The van der Waals surface area contributed by atoms with E-state index >= 15 is 0 Å². The van der Waals surface area contributed by atoms with Gasteiger partial charge in [0.15, 0.2) is 0 Å². The summed E-state index contributed by atoms with van der Waals surface area (Å²) in [5, 5.41) is 5.72. The zero-order valence-corrected chi connectivity index (χ0v) is 15.9. The fourth-order valence-corrected chi connectivity index (χ4v) is 3.72. The molecule has 0 bridgehead atoms. The van der Waals surface area contributed by atoms with Gasteiger partial charge in [0.2, 0.25) is 5.91 Å². The molecule has 2 aromatic rings. The molecule has 0 fully saturated rings. The summed E-state index contributed by atoms with van der Waals surface area (Å²) in [7, 11) is 0. The smallest absolute Gasteiger partial charge is 0.223 e. The predicted octanol–water partition coefficient (Wildman–Crippen LogP) is 5.35. The van der Waals surface area contributed by atoms with Crippen LogP contribution in [0.3, 0.4) is 0 Å². The van der Waals surface area contributed by atoms with Gasteiger partial charge in [-0.25, -0.2) is 0 Å². The van der Waals surface area contributed by atoms with Crippen LogP contribution in [0.1, 0.15) is 53.5 Å². The molecule has 2 nitrogen and oxygen atoms in total. The Kier molecular flexibility index (Phi) is 5.37. The van der Waals surface area contributed by atoms with E-state index < -0.39 is 0 Å². The highest BCUT2D eigenvalue weighted by molar-refractivity contribution is 5.86. The fourth-order valence-electron chi connectivity index (χ4n) is 3.72. The summed E-state index contributed by atoms with van der Waals surface area (Å²) in [6, 6.07) is 14.7. The van der Waals surface area contributed by atoms with Crippen molar-refractivity contribution < 1.29 is 4.79 Å². The largest absolute Gasteiger partial charge is 0.351 e. The van der Waals surface area contributed by atoms with Crippen molar-refractivity contribution in [2.45, 2.75) is 59.9 Å². The Bertz CT molecular complexity index is 704. The molecule has 2 rings (SSSR count). The lowest BCUT2D eigenvalue weighted by Crippen LogP contribution is -2.48. The van der Waals surface area contributed by atoms with Gasteiger partial charge in [0.25, 0.3) is 0 Å². The standard InChI is InChI=1S/C22H31NO/c1-16(20(24)23-22(5,6)15-21(2,3)4)14-18-12-9-11-17-10-7-8-13-19(17)18/h7-13,16H,14-15H2,1-6H3,(H,23,24). The zero-order valence-electron chi connectivity index (χ0n) is 15.9. The Morgan fingerprint density at radius 2 is 1.62 bits per heavy atom. The molecule has 0 saturated heterocycles. The molecule has 0 aliphatic heterocycles. The van der Waals surface area contributed by atoms with Crippen LogP contribution in [0.2, 0.25) is 0 Å². The Balaban J connectivity index is 2.08. The van der Waals surface area contributed by atoms with E-state index in [1.807, 2.05) is 6.92 Å². The number of nitrogens with one attached hydrogen (secondary N) is 1. The summed E-state index contributed by atoms with van der Waals surface area (Å²) in [6.07, 6.45) is 1.71. The Labute approximate surface area is 146 Å². The van der Waals surface area contributed by atoms with Crippen molar-refractivity contribution in [2.75, 3.05) is 0 Å². The van der Waals surface area contributed by atoms with Gasteiger partial charge in [0, 0.05) is 11.5 Å². The van der Waals surface area contributed by atoms with E-state index in [1.54, 1.807) is 0 Å². The number of hydrogen-bond donors (Lipinski definition) is 1. The molecule has 1 unspecified atom stereocenters. The average molecular weight is 325 g/mol. The minimum absolute atomic E-state index is 0.0463. The van der Waals surface area contributed by atoms with Crippen LogP contribution in [0.4, 0.5) is 0 Å². The molecule has 0 saturated carbocycles. The topological polar surface area (TPSA) is 29.1 Å². The van der Waals surface area contributed by atoms with E-state index in [9.17, 15) is 4.79 Å². The molecular weight excluding hydrogens is 294 g/mol. The number of carbonyl (C=O) groups is 1. The van der Waals surface area contributed by atoms with Crippen LogP contribution in [0.25, 0.3) is 10.8 Å². The quantitative estimate of drug-likeness (QED) is 0.789. The normalized spacial score (nSPS) is 13.8. The molecule has 1 atom stereocenters. The van der Waals surface area contributed by atoms with Gasteiger partial charge in [-0.15, -0.1) is 0 Å².